The normalized spacial score (nSPS) is 10.9. The van der Waals surface area contributed by atoms with E-state index < -0.39 is 0 Å². The Morgan fingerprint density at radius 3 is 1.58 bits per heavy atom. The van der Waals surface area contributed by atoms with Crippen LogP contribution in [-0.4, -0.2) is 26.2 Å². The summed E-state index contributed by atoms with van der Waals surface area (Å²) in [6.07, 6.45) is 19.9. The van der Waals surface area contributed by atoms with E-state index in [0.717, 1.165) is 25.7 Å². The fourth-order valence-electron chi connectivity index (χ4n) is 2.65. The van der Waals surface area contributed by atoms with Crippen LogP contribution in [0.4, 0.5) is 0 Å². The quantitative estimate of drug-likeness (QED) is 0.216. The lowest BCUT2D eigenvalue weighted by Gasteiger charge is -2.03. The Kier molecular flexibility index (Phi) is 17.0. The average Bonchev–Trinajstić information content (AvgIpc) is 2.60. The van der Waals surface area contributed by atoms with Gasteiger partial charge in [-0.2, -0.15) is 0 Å². The molecule has 0 spiro atoms. The molecule has 0 N–H and O–H groups in total. The number of esters is 2. The number of methoxy groups -OCH3 is 2. The van der Waals surface area contributed by atoms with Gasteiger partial charge in [-0.3, -0.25) is 4.79 Å². The third-order valence-electron chi connectivity index (χ3n) is 4.18. The molecule has 0 amide bonds. The van der Waals surface area contributed by atoms with Crippen molar-refractivity contribution in [3.05, 3.63) is 12.2 Å². The van der Waals surface area contributed by atoms with Gasteiger partial charge in [0.1, 0.15) is 0 Å². The van der Waals surface area contributed by atoms with E-state index in [2.05, 4.69) is 9.47 Å². The summed E-state index contributed by atoms with van der Waals surface area (Å²) in [6, 6.07) is 0. The first-order chi connectivity index (χ1) is 11.7. The highest BCUT2D eigenvalue weighted by Gasteiger charge is 1.99. The zero-order chi connectivity index (χ0) is 17.9. The molecule has 0 aliphatic carbocycles. The summed E-state index contributed by atoms with van der Waals surface area (Å²) >= 11 is 0. The molecule has 0 saturated heterocycles. The van der Waals surface area contributed by atoms with Crippen LogP contribution in [0.25, 0.3) is 0 Å². The van der Waals surface area contributed by atoms with Gasteiger partial charge in [0, 0.05) is 12.5 Å². The minimum atomic E-state index is -0.265. The number of hydrogen-bond donors (Lipinski definition) is 0. The van der Waals surface area contributed by atoms with Gasteiger partial charge in [-0.1, -0.05) is 70.3 Å². The molecule has 0 aliphatic heterocycles. The smallest absolute Gasteiger partial charge is 0.330 e. The zero-order valence-electron chi connectivity index (χ0n) is 15.7. The average molecular weight is 341 g/mol. The fourth-order valence-corrected chi connectivity index (χ4v) is 2.65. The summed E-state index contributed by atoms with van der Waals surface area (Å²) in [5.41, 5.74) is 0. The number of carbonyl (C=O) groups is 2. The minimum absolute atomic E-state index is 0.0884. The molecule has 0 aromatic heterocycles. The van der Waals surface area contributed by atoms with Gasteiger partial charge >= 0.3 is 11.9 Å². The van der Waals surface area contributed by atoms with E-state index in [4.69, 9.17) is 0 Å². The van der Waals surface area contributed by atoms with Gasteiger partial charge < -0.3 is 9.47 Å². The van der Waals surface area contributed by atoms with Crippen LogP contribution in [0.3, 0.4) is 0 Å². The predicted molar refractivity (Wildman–Crippen MR) is 97.8 cm³/mol. The number of unbranched alkanes of at least 4 members (excludes halogenated alkanes) is 12. The number of hydrogen-bond acceptors (Lipinski definition) is 4. The molecule has 0 saturated carbocycles. The van der Waals surface area contributed by atoms with E-state index in [1.54, 1.807) is 0 Å². The van der Waals surface area contributed by atoms with Crippen LogP contribution in [0.1, 0.15) is 89.9 Å². The molecule has 0 rings (SSSR count). The fraction of sp³-hybridized carbons (Fsp3) is 0.800. The second-order valence-electron chi connectivity index (χ2n) is 6.28. The van der Waals surface area contributed by atoms with Crippen molar-refractivity contribution in [2.45, 2.75) is 89.9 Å². The molecule has 0 atom stereocenters. The maximum atomic E-state index is 10.9. The zero-order valence-corrected chi connectivity index (χ0v) is 15.7. The third kappa shape index (κ3) is 17.0. The van der Waals surface area contributed by atoms with Gasteiger partial charge in [0.05, 0.1) is 14.2 Å². The number of carbonyl (C=O) groups excluding carboxylic acids is 2. The molecular formula is C20H36O4. The van der Waals surface area contributed by atoms with Crippen molar-refractivity contribution in [1.29, 1.82) is 0 Å². The second-order valence-corrected chi connectivity index (χ2v) is 6.28. The monoisotopic (exact) mass is 340 g/mol. The first kappa shape index (κ1) is 22.7. The Bertz CT molecular complexity index is 337. The molecular weight excluding hydrogens is 304 g/mol. The van der Waals surface area contributed by atoms with Gasteiger partial charge in [-0.05, 0) is 19.3 Å². The molecule has 0 fully saturated rings. The topological polar surface area (TPSA) is 52.6 Å². The lowest BCUT2D eigenvalue weighted by molar-refractivity contribution is -0.140. The molecule has 0 aliphatic rings. The Labute approximate surface area is 148 Å². The van der Waals surface area contributed by atoms with Gasteiger partial charge in [0.2, 0.25) is 0 Å². The van der Waals surface area contributed by atoms with Crippen molar-refractivity contribution in [3.63, 3.8) is 0 Å². The SMILES string of the molecule is COC(=O)/C=C/CCCCCCCCCCCCCCC(=O)OC. The Morgan fingerprint density at radius 2 is 1.12 bits per heavy atom. The highest BCUT2D eigenvalue weighted by molar-refractivity contribution is 5.81. The van der Waals surface area contributed by atoms with E-state index in [-0.39, 0.29) is 11.9 Å². The number of allylic oxidation sites excluding steroid dienone is 1. The van der Waals surface area contributed by atoms with E-state index >= 15 is 0 Å². The van der Waals surface area contributed by atoms with Crippen LogP contribution in [0.15, 0.2) is 12.2 Å². The molecule has 0 aromatic carbocycles. The molecule has 0 bridgehead atoms. The lowest BCUT2D eigenvalue weighted by atomic mass is 10.0. The third-order valence-corrected chi connectivity index (χ3v) is 4.18. The summed E-state index contributed by atoms with van der Waals surface area (Å²) in [5.74, 6) is -0.354. The van der Waals surface area contributed by atoms with Crippen molar-refractivity contribution in [3.8, 4) is 0 Å². The highest BCUT2D eigenvalue weighted by atomic mass is 16.5. The largest absolute Gasteiger partial charge is 0.469 e. The number of ether oxygens (including phenoxy) is 2. The maximum absolute atomic E-state index is 10.9. The summed E-state index contributed by atoms with van der Waals surface area (Å²) in [5, 5.41) is 0. The van der Waals surface area contributed by atoms with Crippen molar-refractivity contribution < 1.29 is 19.1 Å². The molecule has 0 unspecified atom stereocenters. The van der Waals surface area contributed by atoms with Crippen LogP contribution in [-0.2, 0) is 19.1 Å². The lowest BCUT2D eigenvalue weighted by Crippen LogP contribution is -1.99. The molecule has 140 valence electrons. The molecule has 0 aromatic rings. The van der Waals surface area contributed by atoms with Gasteiger partial charge in [-0.15, -0.1) is 0 Å². The molecule has 4 nitrogen and oxygen atoms in total. The molecule has 0 heterocycles. The highest BCUT2D eigenvalue weighted by Crippen LogP contribution is 2.13. The Hall–Kier alpha value is -1.32. The van der Waals surface area contributed by atoms with Crippen molar-refractivity contribution in [1.82, 2.24) is 0 Å². The van der Waals surface area contributed by atoms with E-state index in [0.29, 0.717) is 6.42 Å². The Morgan fingerprint density at radius 1 is 0.667 bits per heavy atom. The van der Waals surface area contributed by atoms with Crippen LogP contribution < -0.4 is 0 Å². The second kappa shape index (κ2) is 18.0. The molecule has 4 heteroatoms. The summed E-state index contributed by atoms with van der Waals surface area (Å²) in [4.78, 5) is 21.8. The summed E-state index contributed by atoms with van der Waals surface area (Å²) in [6.45, 7) is 0. The summed E-state index contributed by atoms with van der Waals surface area (Å²) in [7, 11) is 2.85. The number of rotatable bonds is 16. The maximum Gasteiger partial charge on any atom is 0.330 e. The molecule has 24 heavy (non-hydrogen) atoms. The van der Waals surface area contributed by atoms with Crippen LogP contribution in [0.5, 0.6) is 0 Å². The van der Waals surface area contributed by atoms with Crippen molar-refractivity contribution in [2.75, 3.05) is 14.2 Å². The van der Waals surface area contributed by atoms with Gasteiger partial charge in [0.25, 0.3) is 0 Å². The minimum Gasteiger partial charge on any atom is -0.469 e. The molecule has 0 radical (unpaired) electrons. The van der Waals surface area contributed by atoms with Crippen LogP contribution in [0.2, 0.25) is 0 Å². The Balaban J connectivity index is 3.11. The van der Waals surface area contributed by atoms with Crippen LogP contribution in [0, 0.1) is 0 Å². The van der Waals surface area contributed by atoms with E-state index in [9.17, 15) is 9.59 Å². The van der Waals surface area contributed by atoms with Crippen LogP contribution >= 0.6 is 0 Å². The summed E-state index contributed by atoms with van der Waals surface area (Å²) < 4.78 is 9.16. The first-order valence-electron chi connectivity index (χ1n) is 9.52. The van der Waals surface area contributed by atoms with Gasteiger partial charge in [-0.25, -0.2) is 4.79 Å². The van der Waals surface area contributed by atoms with E-state index in [1.807, 2.05) is 6.08 Å². The van der Waals surface area contributed by atoms with E-state index in [1.165, 1.54) is 78.1 Å². The van der Waals surface area contributed by atoms with Crippen molar-refractivity contribution in [2.24, 2.45) is 0 Å². The van der Waals surface area contributed by atoms with Crippen molar-refractivity contribution >= 4 is 11.9 Å². The first-order valence-corrected chi connectivity index (χ1v) is 9.52. The van der Waals surface area contributed by atoms with Gasteiger partial charge in [0.15, 0.2) is 0 Å². The predicted octanol–water partition coefficient (Wildman–Crippen LogP) is 5.35. The standard InChI is InChI=1S/C20H36O4/c1-23-19(21)17-15-13-11-9-7-5-3-4-6-8-10-12-14-16-18-20(22)24-2/h15,17H,3-14,16,18H2,1-2H3/b17-15+.